The first-order valence-electron chi connectivity index (χ1n) is 8.42. The van der Waals surface area contributed by atoms with Gasteiger partial charge in [-0.2, -0.15) is 0 Å². The van der Waals surface area contributed by atoms with E-state index in [9.17, 15) is 0 Å². The molecule has 0 aromatic rings. The fourth-order valence-corrected chi connectivity index (χ4v) is 7.54. The Morgan fingerprint density at radius 1 is 0.471 bits per heavy atom. The molecule has 0 radical (unpaired) electrons. The largest absolute Gasteiger partial charge is 0.0530 e. The average Bonchev–Trinajstić information content (AvgIpc) is 3.13. The van der Waals surface area contributed by atoms with E-state index in [1.165, 1.54) is 47.3 Å². The SMILES string of the molecule is C1CCC(C2CC3CC2C2C4CCC(C4)C32)C1. The number of rotatable bonds is 1. The molecule has 5 fully saturated rings. The molecule has 5 aliphatic rings. The van der Waals surface area contributed by atoms with Crippen molar-refractivity contribution in [2.24, 2.45) is 47.3 Å². The normalized spacial score (nSPS) is 60.4. The van der Waals surface area contributed by atoms with Gasteiger partial charge >= 0.3 is 0 Å². The standard InChI is InChI=1S/C17H26/c1-2-4-10(3-1)14-8-13-9-15(14)17-12-6-5-11(7-12)16(13)17/h10-17H,1-9H2. The molecule has 5 rings (SSSR count). The lowest BCUT2D eigenvalue weighted by atomic mass is 9.64. The third-order valence-electron chi connectivity index (χ3n) is 7.79. The molecule has 7 unspecified atom stereocenters. The molecular weight excluding hydrogens is 204 g/mol. The predicted molar refractivity (Wildman–Crippen MR) is 69.5 cm³/mol. The first kappa shape index (κ1) is 9.87. The maximum absolute atomic E-state index is 1.67. The van der Waals surface area contributed by atoms with Gasteiger partial charge in [-0.15, -0.1) is 0 Å². The molecule has 0 heteroatoms. The Morgan fingerprint density at radius 2 is 1.18 bits per heavy atom. The van der Waals surface area contributed by atoms with E-state index in [4.69, 9.17) is 0 Å². The summed E-state index contributed by atoms with van der Waals surface area (Å²) in [4.78, 5) is 0. The number of hydrogen-bond acceptors (Lipinski definition) is 0. The molecule has 7 atom stereocenters. The van der Waals surface area contributed by atoms with Crippen LogP contribution in [0, 0.1) is 47.3 Å². The van der Waals surface area contributed by atoms with Crippen molar-refractivity contribution in [1.29, 1.82) is 0 Å². The third kappa shape index (κ3) is 1.16. The third-order valence-corrected chi connectivity index (χ3v) is 7.79. The maximum Gasteiger partial charge on any atom is -0.0321 e. The van der Waals surface area contributed by atoms with E-state index in [2.05, 4.69) is 0 Å². The minimum absolute atomic E-state index is 1.17. The maximum atomic E-state index is 1.67. The first-order chi connectivity index (χ1) is 8.42. The van der Waals surface area contributed by atoms with E-state index in [0.717, 1.165) is 0 Å². The zero-order valence-electron chi connectivity index (χ0n) is 11.0. The summed E-state index contributed by atoms with van der Waals surface area (Å²) < 4.78 is 0. The Morgan fingerprint density at radius 3 is 2.00 bits per heavy atom. The summed E-state index contributed by atoms with van der Waals surface area (Å²) in [5.41, 5.74) is 0. The van der Waals surface area contributed by atoms with E-state index >= 15 is 0 Å². The molecule has 0 amide bonds. The van der Waals surface area contributed by atoms with E-state index in [-0.39, 0.29) is 0 Å². The van der Waals surface area contributed by atoms with Crippen LogP contribution in [0.5, 0.6) is 0 Å². The molecule has 0 N–H and O–H groups in total. The summed E-state index contributed by atoms with van der Waals surface area (Å²) >= 11 is 0. The Bertz CT molecular complexity index is 327. The summed E-state index contributed by atoms with van der Waals surface area (Å²) in [5, 5.41) is 0. The highest BCUT2D eigenvalue weighted by atomic mass is 14.7. The van der Waals surface area contributed by atoms with Gasteiger partial charge in [-0.1, -0.05) is 25.7 Å². The molecule has 0 nitrogen and oxygen atoms in total. The van der Waals surface area contributed by atoms with Crippen LogP contribution in [0.3, 0.4) is 0 Å². The van der Waals surface area contributed by atoms with E-state index < -0.39 is 0 Å². The van der Waals surface area contributed by atoms with Gasteiger partial charge in [0.15, 0.2) is 0 Å². The molecule has 0 aromatic carbocycles. The summed E-state index contributed by atoms with van der Waals surface area (Å²) in [7, 11) is 0. The minimum atomic E-state index is 1.17. The summed E-state index contributed by atoms with van der Waals surface area (Å²) in [6.07, 6.45) is 14.5. The van der Waals surface area contributed by atoms with Crippen molar-refractivity contribution in [1.82, 2.24) is 0 Å². The van der Waals surface area contributed by atoms with Crippen LogP contribution in [0.25, 0.3) is 0 Å². The van der Waals surface area contributed by atoms with Gasteiger partial charge < -0.3 is 0 Å². The molecule has 0 aliphatic heterocycles. The van der Waals surface area contributed by atoms with Gasteiger partial charge in [0.25, 0.3) is 0 Å². The van der Waals surface area contributed by atoms with E-state index in [1.807, 2.05) is 0 Å². The zero-order chi connectivity index (χ0) is 11.0. The molecule has 5 saturated carbocycles. The fraction of sp³-hybridized carbons (Fsp3) is 1.00. The van der Waals surface area contributed by atoms with Gasteiger partial charge in [0.2, 0.25) is 0 Å². The monoisotopic (exact) mass is 230 g/mol. The van der Waals surface area contributed by atoms with E-state index in [0.29, 0.717) is 0 Å². The highest BCUT2D eigenvalue weighted by Crippen LogP contribution is 2.70. The minimum Gasteiger partial charge on any atom is -0.0530 e. The second-order valence-electron chi connectivity index (χ2n) is 8.09. The summed E-state index contributed by atoms with van der Waals surface area (Å²) in [5.74, 6) is 9.64. The highest BCUT2D eigenvalue weighted by Gasteiger charge is 2.62. The molecule has 0 heterocycles. The van der Waals surface area contributed by atoms with Crippen LogP contribution in [0.15, 0.2) is 0 Å². The van der Waals surface area contributed by atoms with Crippen molar-refractivity contribution in [3.8, 4) is 0 Å². The first-order valence-corrected chi connectivity index (χ1v) is 8.42. The fourth-order valence-electron chi connectivity index (χ4n) is 7.54. The predicted octanol–water partition coefficient (Wildman–Crippen LogP) is 4.49. The molecule has 0 spiro atoms. The Balaban J connectivity index is 1.44. The van der Waals surface area contributed by atoms with Gasteiger partial charge in [0.1, 0.15) is 0 Å². The Labute approximate surface area is 106 Å². The zero-order valence-corrected chi connectivity index (χ0v) is 11.0. The van der Waals surface area contributed by atoms with Crippen molar-refractivity contribution in [2.75, 3.05) is 0 Å². The molecule has 0 aromatic heterocycles. The second kappa shape index (κ2) is 3.31. The van der Waals surface area contributed by atoms with Crippen LogP contribution in [-0.2, 0) is 0 Å². The molecule has 17 heavy (non-hydrogen) atoms. The van der Waals surface area contributed by atoms with Gasteiger partial charge in [-0.3, -0.25) is 0 Å². The van der Waals surface area contributed by atoms with Crippen LogP contribution in [0.2, 0.25) is 0 Å². The molecular formula is C17H26. The highest BCUT2D eigenvalue weighted by molar-refractivity contribution is 5.11. The lowest BCUT2D eigenvalue weighted by Gasteiger charge is -2.40. The van der Waals surface area contributed by atoms with Crippen LogP contribution in [-0.4, -0.2) is 0 Å². The molecule has 4 bridgehead atoms. The summed E-state index contributed by atoms with van der Waals surface area (Å²) in [6, 6.07) is 0. The quantitative estimate of drug-likeness (QED) is 0.582. The van der Waals surface area contributed by atoms with Crippen molar-refractivity contribution < 1.29 is 0 Å². The molecule has 5 aliphatic carbocycles. The van der Waals surface area contributed by atoms with Gasteiger partial charge in [0.05, 0.1) is 0 Å². The number of hydrogen-bond donors (Lipinski definition) is 0. The van der Waals surface area contributed by atoms with Crippen molar-refractivity contribution in [3.05, 3.63) is 0 Å². The molecule has 0 saturated heterocycles. The van der Waals surface area contributed by atoms with E-state index in [1.54, 1.807) is 57.8 Å². The van der Waals surface area contributed by atoms with Crippen LogP contribution in [0.4, 0.5) is 0 Å². The van der Waals surface area contributed by atoms with Crippen molar-refractivity contribution in [3.63, 3.8) is 0 Å². The van der Waals surface area contributed by atoms with Gasteiger partial charge in [-0.05, 0) is 79.4 Å². The lowest BCUT2D eigenvalue weighted by Crippen LogP contribution is -2.34. The van der Waals surface area contributed by atoms with Gasteiger partial charge in [-0.25, -0.2) is 0 Å². The smallest absolute Gasteiger partial charge is 0.0321 e. The Kier molecular flexibility index (Phi) is 1.92. The summed E-state index contributed by atoms with van der Waals surface area (Å²) in [6.45, 7) is 0. The van der Waals surface area contributed by atoms with Crippen molar-refractivity contribution in [2.45, 2.75) is 57.8 Å². The van der Waals surface area contributed by atoms with Crippen LogP contribution in [0.1, 0.15) is 57.8 Å². The Hall–Kier alpha value is 0. The lowest BCUT2D eigenvalue weighted by molar-refractivity contribution is 0.0772. The van der Waals surface area contributed by atoms with Crippen LogP contribution >= 0.6 is 0 Å². The average molecular weight is 230 g/mol. The topological polar surface area (TPSA) is 0 Å². The van der Waals surface area contributed by atoms with Gasteiger partial charge in [0, 0.05) is 0 Å². The second-order valence-corrected chi connectivity index (χ2v) is 8.09. The molecule has 94 valence electrons. The van der Waals surface area contributed by atoms with Crippen molar-refractivity contribution >= 4 is 0 Å². The number of fused-ring (bicyclic) bond motifs is 9. The van der Waals surface area contributed by atoms with Crippen LogP contribution < -0.4 is 0 Å².